The van der Waals surface area contributed by atoms with E-state index >= 15 is 0 Å². The maximum Gasteiger partial charge on any atom is 0.277 e. The van der Waals surface area contributed by atoms with Crippen molar-refractivity contribution >= 4 is 17.5 Å². The molecule has 116 valence electrons. The van der Waals surface area contributed by atoms with Crippen LogP contribution in [0.4, 0.5) is 0 Å². The predicted molar refractivity (Wildman–Crippen MR) is 90.6 cm³/mol. The number of aromatic nitrogens is 2. The van der Waals surface area contributed by atoms with Gasteiger partial charge in [-0.1, -0.05) is 59.8 Å². The average molecular weight is 324 g/mol. The summed E-state index contributed by atoms with van der Waals surface area (Å²) in [6.45, 7) is 3.87. The fourth-order valence-electron chi connectivity index (χ4n) is 2.11. The Hall–Kier alpha value is -2.40. The molecule has 3 rings (SSSR count). The third-order valence-electron chi connectivity index (χ3n) is 3.41. The van der Waals surface area contributed by atoms with Crippen molar-refractivity contribution < 1.29 is 9.21 Å². The molecule has 0 aliphatic carbocycles. The summed E-state index contributed by atoms with van der Waals surface area (Å²) in [6.07, 6.45) is 0. The molecule has 2 aromatic carbocycles. The lowest BCUT2D eigenvalue weighted by Crippen LogP contribution is -2.13. The smallest absolute Gasteiger partial charge is 0.277 e. The van der Waals surface area contributed by atoms with Crippen molar-refractivity contribution in [1.82, 2.24) is 10.2 Å². The zero-order valence-corrected chi connectivity index (χ0v) is 13.7. The topological polar surface area (TPSA) is 56.0 Å². The minimum atomic E-state index is -0.288. The van der Waals surface area contributed by atoms with E-state index < -0.39 is 0 Å². The molecule has 0 saturated carbocycles. The lowest BCUT2D eigenvalue weighted by atomic mass is 10.1. The standard InChI is InChI=1S/C18H16N2O2S/c1-12-8-10-15(11-9-12)17-19-20-18(22-17)23-13(2)16(21)14-6-4-3-5-7-14/h3-11,13H,1-2H3. The minimum Gasteiger partial charge on any atom is -0.411 e. The molecule has 0 amide bonds. The summed E-state index contributed by atoms with van der Waals surface area (Å²) in [7, 11) is 0. The van der Waals surface area contributed by atoms with Gasteiger partial charge < -0.3 is 4.42 Å². The maximum atomic E-state index is 12.4. The first-order chi connectivity index (χ1) is 11.1. The summed E-state index contributed by atoms with van der Waals surface area (Å²) in [6, 6.07) is 17.1. The highest BCUT2D eigenvalue weighted by atomic mass is 32.2. The van der Waals surface area contributed by atoms with E-state index in [0.29, 0.717) is 16.7 Å². The van der Waals surface area contributed by atoms with Gasteiger partial charge in [0.2, 0.25) is 5.89 Å². The van der Waals surface area contributed by atoms with Crippen LogP contribution in [0.25, 0.3) is 11.5 Å². The zero-order chi connectivity index (χ0) is 16.2. The van der Waals surface area contributed by atoms with Crippen molar-refractivity contribution in [1.29, 1.82) is 0 Å². The van der Waals surface area contributed by atoms with Gasteiger partial charge in [-0.15, -0.1) is 10.2 Å². The monoisotopic (exact) mass is 324 g/mol. The molecule has 0 aliphatic rings. The molecule has 4 nitrogen and oxygen atoms in total. The predicted octanol–water partition coefficient (Wildman–Crippen LogP) is 4.41. The highest BCUT2D eigenvalue weighted by Crippen LogP contribution is 2.27. The Kier molecular flexibility index (Phi) is 4.57. The van der Waals surface area contributed by atoms with Crippen molar-refractivity contribution in [2.45, 2.75) is 24.3 Å². The first kappa shape index (κ1) is 15.5. The van der Waals surface area contributed by atoms with Crippen LogP contribution in [0, 0.1) is 6.92 Å². The highest BCUT2D eigenvalue weighted by molar-refractivity contribution is 8.00. The molecule has 5 heteroatoms. The molecule has 1 aromatic heterocycles. The molecular formula is C18H16N2O2S. The molecule has 0 spiro atoms. The van der Waals surface area contributed by atoms with Crippen LogP contribution in [-0.2, 0) is 0 Å². The number of hydrogen-bond acceptors (Lipinski definition) is 5. The van der Waals surface area contributed by atoms with E-state index in [-0.39, 0.29) is 11.0 Å². The fourth-order valence-corrected chi connectivity index (χ4v) is 2.87. The van der Waals surface area contributed by atoms with Gasteiger partial charge in [-0.25, -0.2) is 0 Å². The van der Waals surface area contributed by atoms with Crippen LogP contribution in [0.15, 0.2) is 64.2 Å². The number of nitrogens with zero attached hydrogens (tertiary/aromatic N) is 2. The molecule has 1 heterocycles. The van der Waals surface area contributed by atoms with Crippen LogP contribution in [-0.4, -0.2) is 21.2 Å². The first-order valence-electron chi connectivity index (χ1n) is 7.30. The Bertz CT molecular complexity index is 797. The number of carbonyl (C=O) groups is 1. The first-order valence-corrected chi connectivity index (χ1v) is 8.18. The largest absolute Gasteiger partial charge is 0.411 e. The van der Waals surface area contributed by atoms with E-state index in [1.165, 1.54) is 17.3 Å². The summed E-state index contributed by atoms with van der Waals surface area (Å²) in [5, 5.41) is 8.19. The van der Waals surface area contributed by atoms with E-state index in [1.54, 1.807) is 0 Å². The lowest BCUT2D eigenvalue weighted by molar-refractivity contribution is 0.0993. The van der Waals surface area contributed by atoms with Crippen LogP contribution in [0.1, 0.15) is 22.8 Å². The van der Waals surface area contributed by atoms with Gasteiger partial charge in [0.05, 0.1) is 5.25 Å². The summed E-state index contributed by atoms with van der Waals surface area (Å²) in [5.74, 6) is 0.512. The SMILES string of the molecule is Cc1ccc(-c2nnc(SC(C)C(=O)c3ccccc3)o2)cc1. The molecule has 3 aromatic rings. The third-order valence-corrected chi connectivity index (χ3v) is 4.34. The van der Waals surface area contributed by atoms with Crippen LogP contribution < -0.4 is 0 Å². The van der Waals surface area contributed by atoms with Gasteiger partial charge >= 0.3 is 0 Å². The lowest BCUT2D eigenvalue weighted by Gasteiger charge is -2.06. The van der Waals surface area contributed by atoms with Crippen molar-refractivity contribution in [2.24, 2.45) is 0 Å². The van der Waals surface area contributed by atoms with Crippen molar-refractivity contribution in [3.8, 4) is 11.5 Å². The van der Waals surface area contributed by atoms with Crippen LogP contribution in [0.2, 0.25) is 0 Å². The second kappa shape index (κ2) is 6.79. The third kappa shape index (κ3) is 3.68. The normalized spacial score (nSPS) is 12.1. The van der Waals surface area contributed by atoms with Crippen LogP contribution >= 0.6 is 11.8 Å². The Labute approximate surface area is 138 Å². The van der Waals surface area contributed by atoms with Gasteiger partial charge in [0.25, 0.3) is 5.22 Å². The van der Waals surface area contributed by atoms with E-state index in [0.717, 1.165) is 5.56 Å². The summed E-state index contributed by atoms with van der Waals surface area (Å²) in [5.41, 5.74) is 2.73. The van der Waals surface area contributed by atoms with Gasteiger partial charge in [0.15, 0.2) is 5.78 Å². The van der Waals surface area contributed by atoms with Gasteiger partial charge in [0, 0.05) is 11.1 Å². The van der Waals surface area contributed by atoms with Gasteiger partial charge in [-0.05, 0) is 26.0 Å². The Morgan fingerprint density at radius 1 is 1.04 bits per heavy atom. The molecule has 0 bridgehead atoms. The van der Waals surface area contributed by atoms with E-state index in [4.69, 9.17) is 4.42 Å². The Balaban J connectivity index is 1.71. The number of aryl methyl sites for hydroxylation is 1. The number of ketones is 1. The summed E-state index contributed by atoms with van der Waals surface area (Å²) < 4.78 is 5.65. The Morgan fingerprint density at radius 3 is 2.43 bits per heavy atom. The number of carbonyl (C=O) groups excluding carboxylic acids is 1. The van der Waals surface area contributed by atoms with Crippen molar-refractivity contribution in [3.05, 3.63) is 65.7 Å². The molecule has 1 unspecified atom stereocenters. The quantitative estimate of drug-likeness (QED) is 0.514. The second-order valence-corrected chi connectivity index (χ2v) is 6.52. The van der Waals surface area contributed by atoms with E-state index in [9.17, 15) is 4.79 Å². The minimum absolute atomic E-state index is 0.0469. The van der Waals surface area contributed by atoms with Gasteiger partial charge in [-0.2, -0.15) is 0 Å². The van der Waals surface area contributed by atoms with Gasteiger partial charge in [-0.3, -0.25) is 4.79 Å². The van der Waals surface area contributed by atoms with Crippen molar-refractivity contribution in [2.75, 3.05) is 0 Å². The van der Waals surface area contributed by atoms with Crippen molar-refractivity contribution in [3.63, 3.8) is 0 Å². The van der Waals surface area contributed by atoms with E-state index in [2.05, 4.69) is 10.2 Å². The number of benzene rings is 2. The van der Waals surface area contributed by atoms with E-state index in [1.807, 2.05) is 68.4 Å². The van der Waals surface area contributed by atoms with Crippen LogP contribution in [0.5, 0.6) is 0 Å². The number of thioether (sulfide) groups is 1. The maximum absolute atomic E-state index is 12.4. The molecule has 0 radical (unpaired) electrons. The Morgan fingerprint density at radius 2 is 1.74 bits per heavy atom. The number of rotatable bonds is 5. The average Bonchev–Trinajstić information content (AvgIpc) is 3.04. The molecule has 0 aliphatic heterocycles. The molecular weight excluding hydrogens is 308 g/mol. The molecule has 0 saturated heterocycles. The fraction of sp³-hybridized carbons (Fsp3) is 0.167. The number of hydrogen-bond donors (Lipinski definition) is 0. The second-order valence-electron chi connectivity index (χ2n) is 5.23. The summed E-state index contributed by atoms with van der Waals surface area (Å²) >= 11 is 1.28. The number of Topliss-reactive ketones (excluding diaryl/α,β-unsaturated/α-hetero) is 1. The van der Waals surface area contributed by atoms with Gasteiger partial charge in [0.1, 0.15) is 0 Å². The molecule has 0 fully saturated rings. The zero-order valence-electron chi connectivity index (χ0n) is 12.9. The molecule has 1 atom stereocenters. The highest BCUT2D eigenvalue weighted by Gasteiger charge is 2.19. The molecule has 0 N–H and O–H groups in total. The molecule has 23 heavy (non-hydrogen) atoms. The van der Waals surface area contributed by atoms with Crippen LogP contribution in [0.3, 0.4) is 0 Å². The summed E-state index contributed by atoms with van der Waals surface area (Å²) in [4.78, 5) is 12.4.